The van der Waals surface area contributed by atoms with Crippen molar-refractivity contribution in [2.24, 2.45) is 0 Å². The van der Waals surface area contributed by atoms with Crippen LogP contribution in [0.3, 0.4) is 0 Å². The number of aromatic nitrogens is 1. The second kappa shape index (κ2) is 7.20. The summed E-state index contributed by atoms with van der Waals surface area (Å²) in [5.74, 6) is -0.608. The van der Waals surface area contributed by atoms with E-state index in [4.69, 9.17) is 4.74 Å². The van der Waals surface area contributed by atoms with E-state index in [1.54, 1.807) is 6.07 Å². The number of carbonyl (C=O) groups is 1. The van der Waals surface area contributed by atoms with Gasteiger partial charge in [-0.3, -0.25) is 9.52 Å². The number of halogens is 2. The van der Waals surface area contributed by atoms with Crippen LogP contribution in [0.4, 0.5) is 15.9 Å². The molecule has 0 spiro atoms. The molecular weight excluding hydrogens is 429 g/mol. The lowest BCUT2D eigenvalue weighted by Crippen LogP contribution is -2.24. The number of benzene rings is 1. The first-order valence-electron chi connectivity index (χ1n) is 7.64. The van der Waals surface area contributed by atoms with Gasteiger partial charge in [0, 0.05) is 18.7 Å². The molecule has 138 valence electrons. The summed E-state index contributed by atoms with van der Waals surface area (Å²) in [6.07, 6.45) is 2.05. The minimum absolute atomic E-state index is 0.0592. The molecule has 1 aliphatic rings. The molecule has 1 saturated heterocycles. The van der Waals surface area contributed by atoms with Crippen LogP contribution in [0.15, 0.2) is 39.8 Å². The van der Waals surface area contributed by atoms with Crippen LogP contribution < -0.4 is 14.4 Å². The largest absolute Gasteiger partial charge is 0.495 e. The number of sulfonamides is 1. The maximum Gasteiger partial charge on any atom is 0.266 e. The van der Waals surface area contributed by atoms with Crippen LogP contribution in [0.2, 0.25) is 0 Å². The number of hydrogen-bond acceptors (Lipinski definition) is 5. The molecule has 1 amide bonds. The molecule has 1 aromatic carbocycles. The van der Waals surface area contributed by atoms with Crippen LogP contribution >= 0.6 is 15.9 Å². The van der Waals surface area contributed by atoms with Gasteiger partial charge >= 0.3 is 0 Å². The van der Waals surface area contributed by atoms with E-state index in [9.17, 15) is 17.6 Å². The van der Waals surface area contributed by atoms with Crippen LogP contribution in [-0.2, 0) is 14.8 Å². The van der Waals surface area contributed by atoms with Crippen molar-refractivity contribution in [1.29, 1.82) is 0 Å². The van der Waals surface area contributed by atoms with E-state index in [0.717, 1.165) is 18.7 Å². The maximum atomic E-state index is 13.2. The molecule has 2 heterocycles. The van der Waals surface area contributed by atoms with E-state index in [0.29, 0.717) is 18.7 Å². The van der Waals surface area contributed by atoms with Gasteiger partial charge in [0.2, 0.25) is 5.91 Å². The van der Waals surface area contributed by atoms with Crippen LogP contribution in [0.5, 0.6) is 5.75 Å². The molecule has 3 rings (SSSR count). The first-order chi connectivity index (χ1) is 12.3. The summed E-state index contributed by atoms with van der Waals surface area (Å²) in [4.78, 5) is 17.1. The molecule has 1 aliphatic heterocycles. The Labute approximate surface area is 158 Å². The topological polar surface area (TPSA) is 88.6 Å². The van der Waals surface area contributed by atoms with Gasteiger partial charge in [-0.25, -0.2) is 17.8 Å². The van der Waals surface area contributed by atoms with Crippen molar-refractivity contribution in [3.63, 3.8) is 0 Å². The summed E-state index contributed by atoms with van der Waals surface area (Å²) in [6, 6.07) is 5.60. The Morgan fingerprint density at radius 2 is 2.12 bits per heavy atom. The molecule has 1 fully saturated rings. The highest BCUT2D eigenvalue weighted by molar-refractivity contribution is 9.10. The minimum atomic E-state index is -4.09. The average molecular weight is 444 g/mol. The van der Waals surface area contributed by atoms with Gasteiger partial charge in [0.1, 0.15) is 16.5 Å². The smallest absolute Gasteiger partial charge is 0.266 e. The summed E-state index contributed by atoms with van der Waals surface area (Å²) in [6.45, 7) is 0.531. The highest BCUT2D eigenvalue weighted by atomic mass is 79.9. The molecule has 10 heteroatoms. The van der Waals surface area contributed by atoms with Crippen molar-refractivity contribution in [1.82, 2.24) is 4.98 Å². The Morgan fingerprint density at radius 3 is 2.73 bits per heavy atom. The van der Waals surface area contributed by atoms with Gasteiger partial charge < -0.3 is 9.64 Å². The van der Waals surface area contributed by atoms with Gasteiger partial charge in [-0.15, -0.1) is 0 Å². The Balaban J connectivity index is 2.01. The lowest BCUT2D eigenvalue weighted by atomic mass is 10.3. The zero-order chi connectivity index (χ0) is 18.9. The summed E-state index contributed by atoms with van der Waals surface area (Å²) < 4.78 is 46.4. The van der Waals surface area contributed by atoms with Crippen molar-refractivity contribution in [3.8, 4) is 5.75 Å². The molecule has 1 N–H and O–H groups in total. The number of methoxy groups -OCH3 is 1. The fourth-order valence-corrected chi connectivity index (χ4v) is 4.41. The molecule has 0 aliphatic carbocycles. The van der Waals surface area contributed by atoms with E-state index in [1.165, 1.54) is 24.1 Å². The Hall–Kier alpha value is -2.20. The van der Waals surface area contributed by atoms with Crippen molar-refractivity contribution < 1.29 is 22.3 Å². The second-order valence-electron chi connectivity index (χ2n) is 5.57. The predicted molar refractivity (Wildman–Crippen MR) is 97.3 cm³/mol. The lowest BCUT2D eigenvalue weighted by Gasteiger charge is -2.18. The first kappa shape index (κ1) is 18.6. The number of anilines is 2. The number of carbonyl (C=O) groups excluding carboxylic acids is 1. The third-order valence-electron chi connectivity index (χ3n) is 3.86. The average Bonchev–Trinajstić information content (AvgIpc) is 3.03. The third-order valence-corrected chi connectivity index (χ3v) is 5.83. The predicted octanol–water partition coefficient (Wildman–Crippen LogP) is 2.92. The molecular formula is C16H15BrFN3O4S. The molecule has 0 unspecified atom stereocenters. The third kappa shape index (κ3) is 3.65. The van der Waals surface area contributed by atoms with Crippen molar-refractivity contribution >= 4 is 43.4 Å². The molecule has 26 heavy (non-hydrogen) atoms. The summed E-state index contributed by atoms with van der Waals surface area (Å²) in [5, 5.41) is 0. The van der Waals surface area contributed by atoms with E-state index in [-0.39, 0.29) is 26.8 Å². The first-order valence-corrected chi connectivity index (χ1v) is 9.92. The molecule has 7 nitrogen and oxygen atoms in total. The van der Waals surface area contributed by atoms with Gasteiger partial charge in [-0.2, -0.15) is 0 Å². The highest BCUT2D eigenvalue weighted by Crippen LogP contribution is 2.32. The van der Waals surface area contributed by atoms with Crippen molar-refractivity contribution in [2.75, 3.05) is 23.3 Å². The maximum absolute atomic E-state index is 13.2. The standard InChI is InChI=1S/C16H15BrFN3O4S/c1-25-13-5-4-11(21-6-2-3-15(21)22)8-14(13)26(23,24)20-16-12(17)7-10(18)9-19-16/h4-5,7-9H,2-3,6H2,1H3,(H,19,20). The molecule has 0 saturated carbocycles. The monoisotopic (exact) mass is 443 g/mol. The lowest BCUT2D eigenvalue weighted by molar-refractivity contribution is -0.117. The number of amides is 1. The normalized spacial score (nSPS) is 14.6. The van der Waals surface area contributed by atoms with Crippen LogP contribution in [-0.4, -0.2) is 33.0 Å². The van der Waals surface area contributed by atoms with E-state index in [2.05, 4.69) is 25.6 Å². The van der Waals surface area contributed by atoms with Gasteiger partial charge in [-0.1, -0.05) is 0 Å². The van der Waals surface area contributed by atoms with E-state index < -0.39 is 15.8 Å². The zero-order valence-electron chi connectivity index (χ0n) is 13.7. The van der Waals surface area contributed by atoms with E-state index in [1.807, 2.05) is 0 Å². The number of nitrogens with zero attached hydrogens (tertiary/aromatic N) is 2. The molecule has 0 atom stereocenters. The summed E-state index contributed by atoms with van der Waals surface area (Å²) >= 11 is 3.07. The SMILES string of the molecule is COc1ccc(N2CCCC2=O)cc1S(=O)(=O)Nc1ncc(F)cc1Br. The second-order valence-corrected chi connectivity index (χ2v) is 8.08. The molecule has 0 radical (unpaired) electrons. The Bertz CT molecular complexity index is 968. The van der Waals surface area contributed by atoms with Gasteiger partial charge in [0.05, 0.1) is 17.8 Å². The zero-order valence-corrected chi connectivity index (χ0v) is 16.1. The minimum Gasteiger partial charge on any atom is -0.495 e. The van der Waals surface area contributed by atoms with Crippen molar-refractivity contribution in [3.05, 3.63) is 40.8 Å². The number of nitrogens with one attached hydrogen (secondary N) is 1. The van der Waals surface area contributed by atoms with Crippen LogP contribution in [0, 0.1) is 5.82 Å². The summed E-state index contributed by atoms with van der Waals surface area (Å²) in [7, 11) is -2.74. The van der Waals surface area contributed by atoms with Gasteiger partial charge in [0.25, 0.3) is 10.0 Å². The fraction of sp³-hybridized carbons (Fsp3) is 0.250. The Kier molecular flexibility index (Phi) is 5.15. The van der Waals surface area contributed by atoms with Crippen molar-refractivity contribution in [2.45, 2.75) is 17.7 Å². The van der Waals surface area contributed by atoms with Gasteiger partial charge in [0.15, 0.2) is 5.82 Å². The fourth-order valence-electron chi connectivity index (χ4n) is 2.64. The van der Waals surface area contributed by atoms with Crippen LogP contribution in [0.1, 0.15) is 12.8 Å². The number of pyridine rings is 1. The summed E-state index contributed by atoms with van der Waals surface area (Å²) in [5.41, 5.74) is 0.472. The van der Waals surface area contributed by atoms with Gasteiger partial charge in [-0.05, 0) is 46.6 Å². The Morgan fingerprint density at radius 1 is 1.35 bits per heavy atom. The quantitative estimate of drug-likeness (QED) is 0.767. The number of rotatable bonds is 5. The number of ether oxygens (including phenoxy) is 1. The van der Waals surface area contributed by atoms with E-state index >= 15 is 0 Å². The molecule has 2 aromatic rings. The molecule has 1 aromatic heterocycles. The molecule has 0 bridgehead atoms. The number of hydrogen-bond donors (Lipinski definition) is 1. The highest BCUT2D eigenvalue weighted by Gasteiger charge is 2.26. The van der Waals surface area contributed by atoms with Crippen LogP contribution in [0.25, 0.3) is 0 Å².